The van der Waals surface area contributed by atoms with E-state index in [4.69, 9.17) is 16.3 Å². The smallest absolute Gasteiger partial charge is 0.311 e. The third-order valence-corrected chi connectivity index (χ3v) is 3.05. The van der Waals surface area contributed by atoms with Crippen molar-refractivity contribution in [2.75, 3.05) is 6.61 Å². The molecule has 1 aromatic heterocycles. The average Bonchev–Trinajstić information content (AvgIpc) is 2.48. The molecule has 0 spiro atoms. The van der Waals surface area contributed by atoms with Crippen molar-refractivity contribution in [3.8, 4) is 5.75 Å². The molecule has 0 bridgehead atoms. The Morgan fingerprint density at radius 3 is 2.80 bits per heavy atom. The van der Waals surface area contributed by atoms with Crippen LogP contribution >= 0.6 is 11.6 Å². The van der Waals surface area contributed by atoms with Gasteiger partial charge in [0.25, 0.3) is 0 Å². The molecule has 20 heavy (non-hydrogen) atoms. The van der Waals surface area contributed by atoms with Gasteiger partial charge in [0.15, 0.2) is 5.75 Å². The zero-order chi connectivity index (χ0) is 14.4. The van der Waals surface area contributed by atoms with E-state index in [-0.39, 0.29) is 17.3 Å². The van der Waals surface area contributed by atoms with Crippen LogP contribution in [0.4, 0.5) is 5.69 Å². The predicted octanol–water partition coefficient (Wildman–Crippen LogP) is 3.35. The van der Waals surface area contributed by atoms with Crippen LogP contribution in [0.1, 0.15) is 11.1 Å². The third-order valence-electron chi connectivity index (χ3n) is 2.75. The molecule has 104 valence electrons. The highest BCUT2D eigenvalue weighted by Crippen LogP contribution is 2.28. The minimum Gasteiger partial charge on any atom is -0.486 e. The fourth-order valence-electron chi connectivity index (χ4n) is 1.74. The third kappa shape index (κ3) is 3.68. The van der Waals surface area contributed by atoms with Gasteiger partial charge in [-0.05, 0) is 23.3 Å². The molecule has 6 heteroatoms. The summed E-state index contributed by atoms with van der Waals surface area (Å²) in [6.45, 7) is 0.354. The predicted molar refractivity (Wildman–Crippen MR) is 76.1 cm³/mol. The molecule has 0 saturated heterocycles. The van der Waals surface area contributed by atoms with E-state index in [1.807, 2.05) is 12.1 Å². The normalized spacial score (nSPS) is 10.2. The van der Waals surface area contributed by atoms with Gasteiger partial charge >= 0.3 is 5.69 Å². The van der Waals surface area contributed by atoms with Crippen molar-refractivity contribution < 1.29 is 9.66 Å². The van der Waals surface area contributed by atoms with Crippen molar-refractivity contribution in [2.45, 2.75) is 12.3 Å². The van der Waals surface area contributed by atoms with Gasteiger partial charge in [0, 0.05) is 30.8 Å². The highest BCUT2D eigenvalue weighted by Gasteiger charge is 2.15. The van der Waals surface area contributed by atoms with Gasteiger partial charge < -0.3 is 4.74 Å². The molecule has 0 aliphatic carbocycles. The lowest BCUT2D eigenvalue weighted by molar-refractivity contribution is -0.385. The zero-order valence-electron chi connectivity index (χ0n) is 10.7. The highest BCUT2D eigenvalue weighted by molar-refractivity contribution is 6.17. The number of nitro benzene ring substituents is 1. The fourth-order valence-corrected chi connectivity index (χ4v) is 1.90. The van der Waals surface area contributed by atoms with Crippen LogP contribution in [-0.4, -0.2) is 16.5 Å². The van der Waals surface area contributed by atoms with Gasteiger partial charge in [-0.2, -0.15) is 0 Å². The summed E-state index contributed by atoms with van der Waals surface area (Å²) >= 11 is 5.67. The largest absolute Gasteiger partial charge is 0.486 e. The number of halogens is 1. The molecule has 1 aromatic carbocycles. The molecule has 5 nitrogen and oxygen atoms in total. The number of benzene rings is 1. The number of nitrogens with zero attached hydrogens (tertiary/aromatic N) is 2. The molecule has 0 N–H and O–H groups in total. The summed E-state index contributed by atoms with van der Waals surface area (Å²) in [4.78, 5) is 14.5. The molecule has 0 saturated carbocycles. The van der Waals surface area contributed by atoms with Gasteiger partial charge in [-0.25, -0.2) is 0 Å². The van der Waals surface area contributed by atoms with E-state index in [9.17, 15) is 10.1 Å². The maximum Gasteiger partial charge on any atom is 0.311 e. The molecule has 0 aliphatic rings. The van der Waals surface area contributed by atoms with Crippen LogP contribution in [0.25, 0.3) is 0 Å². The van der Waals surface area contributed by atoms with Gasteiger partial charge in [-0.15, -0.1) is 11.6 Å². The Bertz CT molecular complexity index is 590. The van der Waals surface area contributed by atoms with Crippen LogP contribution in [0.3, 0.4) is 0 Å². The second-order valence-electron chi connectivity index (χ2n) is 4.15. The summed E-state index contributed by atoms with van der Waals surface area (Å²) in [5.41, 5.74) is 1.65. The highest BCUT2D eigenvalue weighted by atomic mass is 35.5. The summed E-state index contributed by atoms with van der Waals surface area (Å²) in [5.74, 6) is 0.490. The van der Waals surface area contributed by atoms with Crippen molar-refractivity contribution >= 4 is 17.3 Å². The van der Waals surface area contributed by atoms with Crippen molar-refractivity contribution in [3.05, 3.63) is 64.0 Å². The van der Waals surface area contributed by atoms with E-state index >= 15 is 0 Å². The number of hydrogen-bond acceptors (Lipinski definition) is 4. The van der Waals surface area contributed by atoms with Gasteiger partial charge in [0.05, 0.1) is 11.5 Å². The maximum atomic E-state index is 11.0. The quantitative estimate of drug-likeness (QED) is 0.465. The number of aromatic nitrogens is 1. The molecular weight excluding hydrogens is 280 g/mol. The summed E-state index contributed by atoms with van der Waals surface area (Å²) in [7, 11) is 0. The van der Waals surface area contributed by atoms with E-state index < -0.39 is 4.92 Å². The first-order valence-electron chi connectivity index (χ1n) is 6.05. The Labute approximate surface area is 121 Å². The lowest BCUT2D eigenvalue weighted by atomic mass is 10.2. The van der Waals surface area contributed by atoms with E-state index in [2.05, 4.69) is 4.98 Å². The van der Waals surface area contributed by atoms with Crippen LogP contribution in [0, 0.1) is 10.1 Å². The summed E-state index contributed by atoms with van der Waals surface area (Å²) in [6, 6.07) is 8.51. The molecule has 0 fully saturated rings. The summed E-state index contributed by atoms with van der Waals surface area (Å²) < 4.78 is 5.49. The molecule has 1 heterocycles. The monoisotopic (exact) mass is 292 g/mol. The minimum absolute atomic E-state index is 0.0608. The number of hydrogen-bond donors (Lipinski definition) is 0. The van der Waals surface area contributed by atoms with Crippen LogP contribution in [0.5, 0.6) is 5.75 Å². The fraction of sp³-hybridized carbons (Fsp3) is 0.214. The van der Waals surface area contributed by atoms with Gasteiger partial charge in [-0.1, -0.05) is 12.1 Å². The zero-order valence-corrected chi connectivity index (χ0v) is 11.4. The molecular formula is C14H13ClN2O3. The molecule has 2 aromatic rings. The number of nitro groups is 1. The lowest BCUT2D eigenvalue weighted by Gasteiger charge is -2.07. The van der Waals surface area contributed by atoms with E-state index in [1.165, 1.54) is 6.07 Å². The summed E-state index contributed by atoms with van der Waals surface area (Å²) in [5, 5.41) is 11.0. The topological polar surface area (TPSA) is 65.3 Å². The van der Waals surface area contributed by atoms with E-state index in [1.54, 1.807) is 24.5 Å². The Hall–Kier alpha value is -2.14. The van der Waals surface area contributed by atoms with Gasteiger partial charge in [0.1, 0.15) is 0 Å². The Morgan fingerprint density at radius 2 is 2.15 bits per heavy atom. The number of rotatable bonds is 6. The molecule has 0 aliphatic heterocycles. The average molecular weight is 293 g/mol. The lowest BCUT2D eigenvalue weighted by Crippen LogP contribution is -2.04. The van der Waals surface area contributed by atoms with Crippen molar-refractivity contribution in [1.82, 2.24) is 4.98 Å². The Balaban J connectivity index is 2.04. The van der Waals surface area contributed by atoms with Gasteiger partial charge in [-0.3, -0.25) is 15.1 Å². The van der Waals surface area contributed by atoms with Gasteiger partial charge in [0.2, 0.25) is 0 Å². The number of pyridine rings is 1. The second-order valence-corrected chi connectivity index (χ2v) is 4.42. The first-order chi connectivity index (χ1) is 9.70. The SMILES string of the molecule is O=[N+]([O-])c1cc(CCl)ccc1OCCc1cccnc1. The first kappa shape index (κ1) is 14.3. The first-order valence-corrected chi connectivity index (χ1v) is 6.59. The van der Waals surface area contributed by atoms with Crippen LogP contribution in [0.2, 0.25) is 0 Å². The van der Waals surface area contributed by atoms with Crippen LogP contribution < -0.4 is 4.74 Å². The molecule has 0 amide bonds. The van der Waals surface area contributed by atoms with Crippen molar-refractivity contribution in [3.63, 3.8) is 0 Å². The van der Waals surface area contributed by atoms with E-state index in [0.717, 1.165) is 5.56 Å². The maximum absolute atomic E-state index is 11.0. The molecule has 0 atom stereocenters. The molecule has 2 rings (SSSR count). The van der Waals surface area contributed by atoms with Crippen LogP contribution in [-0.2, 0) is 12.3 Å². The van der Waals surface area contributed by atoms with Crippen molar-refractivity contribution in [2.24, 2.45) is 0 Å². The Morgan fingerprint density at radius 1 is 1.30 bits per heavy atom. The summed E-state index contributed by atoms with van der Waals surface area (Å²) in [6.07, 6.45) is 4.08. The molecule has 0 unspecified atom stereocenters. The second kappa shape index (κ2) is 6.86. The van der Waals surface area contributed by atoms with Crippen LogP contribution in [0.15, 0.2) is 42.7 Å². The van der Waals surface area contributed by atoms with Crippen molar-refractivity contribution in [1.29, 1.82) is 0 Å². The Kier molecular flexibility index (Phi) is 4.90. The standard InChI is InChI=1S/C14H13ClN2O3/c15-9-12-3-4-14(13(8-12)17(18)19)20-7-5-11-2-1-6-16-10-11/h1-4,6,8,10H,5,7,9H2. The van der Waals surface area contributed by atoms with E-state index in [0.29, 0.717) is 18.6 Å². The minimum atomic E-state index is -0.463. The number of ether oxygens (including phenoxy) is 1. The number of alkyl halides is 1. The molecule has 0 radical (unpaired) electrons.